The molecule has 12 heavy (non-hydrogen) atoms. The highest BCUT2D eigenvalue weighted by atomic mass is 16.5. The smallest absolute Gasteiger partial charge is 0.0571 e. The maximum absolute atomic E-state index is 4.87. The molecule has 0 rings (SSSR count). The largest absolute Gasteiger partial charge is 0.384 e. The van der Waals surface area contributed by atoms with Crippen molar-refractivity contribution in [3.63, 3.8) is 0 Å². The van der Waals surface area contributed by atoms with Crippen LogP contribution in [0.15, 0.2) is 12.2 Å². The topological polar surface area (TPSA) is 18.5 Å². The van der Waals surface area contributed by atoms with Gasteiger partial charge in [-0.2, -0.15) is 0 Å². The zero-order valence-electron chi connectivity index (χ0n) is 7.80. The average molecular weight is 168 g/mol. The van der Waals surface area contributed by atoms with E-state index < -0.39 is 0 Å². The third kappa shape index (κ3) is 9.22. The second kappa shape index (κ2) is 10.2. The van der Waals surface area contributed by atoms with E-state index in [-0.39, 0.29) is 0 Å². The summed E-state index contributed by atoms with van der Waals surface area (Å²) in [4.78, 5) is 0. The molecular formula is C10H16O2. The highest BCUT2D eigenvalue weighted by molar-refractivity contribution is 5.15. The summed E-state index contributed by atoms with van der Waals surface area (Å²) in [7, 11) is 3.37. The normalized spacial score (nSPS) is 9.83. The Balaban J connectivity index is 3.23. The molecule has 0 aromatic heterocycles. The van der Waals surface area contributed by atoms with Gasteiger partial charge in [0.2, 0.25) is 0 Å². The van der Waals surface area contributed by atoms with Crippen LogP contribution in [0.3, 0.4) is 0 Å². The summed E-state index contributed by atoms with van der Waals surface area (Å²) in [6, 6.07) is 0. The van der Waals surface area contributed by atoms with Crippen LogP contribution in [0.25, 0.3) is 0 Å². The Labute approximate surface area is 74.6 Å². The number of ether oxygens (including phenoxy) is 2. The molecule has 2 heteroatoms. The van der Waals surface area contributed by atoms with Crippen LogP contribution < -0.4 is 0 Å². The molecule has 0 amide bonds. The Morgan fingerprint density at radius 3 is 2.58 bits per heavy atom. The van der Waals surface area contributed by atoms with Gasteiger partial charge in [0, 0.05) is 27.2 Å². The van der Waals surface area contributed by atoms with Crippen LogP contribution in [0, 0.1) is 11.8 Å². The molecule has 0 saturated heterocycles. The Kier molecular flexibility index (Phi) is 9.56. The maximum Gasteiger partial charge on any atom is 0.0571 e. The molecule has 0 atom stereocenters. The highest BCUT2D eigenvalue weighted by Crippen LogP contribution is 1.82. The molecular weight excluding hydrogens is 152 g/mol. The standard InChI is InChI=1S/C10H16O2/c1-11-9-7-5-3-4-6-8-10-12-2/h3,5H,7-10H2,1-2H3/b5-3+. The lowest BCUT2D eigenvalue weighted by Gasteiger charge is -1.88. The van der Waals surface area contributed by atoms with E-state index >= 15 is 0 Å². The van der Waals surface area contributed by atoms with Crippen LogP contribution >= 0.6 is 0 Å². The Morgan fingerprint density at radius 2 is 1.92 bits per heavy atom. The first-order valence-electron chi connectivity index (χ1n) is 4.03. The third-order valence-electron chi connectivity index (χ3n) is 1.22. The van der Waals surface area contributed by atoms with Crippen LogP contribution in [0.5, 0.6) is 0 Å². The lowest BCUT2D eigenvalue weighted by molar-refractivity contribution is 0.204. The fourth-order valence-electron chi connectivity index (χ4n) is 0.612. The predicted octanol–water partition coefficient (Wildman–Crippen LogP) is 1.62. The van der Waals surface area contributed by atoms with Crippen molar-refractivity contribution >= 4 is 0 Å². The van der Waals surface area contributed by atoms with E-state index in [1.165, 1.54) is 0 Å². The number of methoxy groups -OCH3 is 2. The van der Waals surface area contributed by atoms with E-state index in [9.17, 15) is 0 Å². The summed E-state index contributed by atoms with van der Waals surface area (Å²) in [5.41, 5.74) is 0. The zero-order valence-corrected chi connectivity index (χ0v) is 7.80. The van der Waals surface area contributed by atoms with E-state index in [2.05, 4.69) is 11.8 Å². The van der Waals surface area contributed by atoms with Gasteiger partial charge in [0.1, 0.15) is 0 Å². The van der Waals surface area contributed by atoms with Gasteiger partial charge in [-0.3, -0.25) is 0 Å². The molecule has 0 radical (unpaired) electrons. The Morgan fingerprint density at radius 1 is 1.17 bits per heavy atom. The van der Waals surface area contributed by atoms with Gasteiger partial charge >= 0.3 is 0 Å². The second-order valence-corrected chi connectivity index (χ2v) is 2.25. The monoisotopic (exact) mass is 168 g/mol. The van der Waals surface area contributed by atoms with Crippen molar-refractivity contribution in [3.05, 3.63) is 12.2 Å². The van der Waals surface area contributed by atoms with Crippen molar-refractivity contribution in [1.29, 1.82) is 0 Å². The number of rotatable bonds is 5. The Bertz CT molecular complexity index is 162. The van der Waals surface area contributed by atoms with Gasteiger partial charge < -0.3 is 9.47 Å². The summed E-state index contributed by atoms with van der Waals surface area (Å²) < 4.78 is 9.71. The Hall–Kier alpha value is -0.780. The van der Waals surface area contributed by atoms with E-state index in [1.54, 1.807) is 14.2 Å². The molecule has 0 aliphatic rings. The van der Waals surface area contributed by atoms with Crippen LogP contribution in [-0.2, 0) is 9.47 Å². The van der Waals surface area contributed by atoms with Crippen LogP contribution in [0.2, 0.25) is 0 Å². The molecule has 0 bridgehead atoms. The molecule has 68 valence electrons. The van der Waals surface area contributed by atoms with Crippen LogP contribution in [0.4, 0.5) is 0 Å². The fourth-order valence-corrected chi connectivity index (χ4v) is 0.612. The fraction of sp³-hybridized carbons (Fsp3) is 0.600. The first kappa shape index (κ1) is 11.2. The van der Waals surface area contributed by atoms with E-state index in [4.69, 9.17) is 9.47 Å². The first-order valence-corrected chi connectivity index (χ1v) is 4.03. The number of allylic oxidation sites excluding steroid dienone is 1. The minimum atomic E-state index is 0.707. The molecule has 0 aliphatic heterocycles. The third-order valence-corrected chi connectivity index (χ3v) is 1.22. The van der Waals surface area contributed by atoms with E-state index in [0.29, 0.717) is 6.61 Å². The van der Waals surface area contributed by atoms with Gasteiger partial charge in [-0.15, -0.1) is 0 Å². The molecule has 2 nitrogen and oxygen atoms in total. The minimum absolute atomic E-state index is 0.707. The van der Waals surface area contributed by atoms with Crippen molar-refractivity contribution < 1.29 is 9.47 Å². The highest BCUT2D eigenvalue weighted by Gasteiger charge is 1.75. The predicted molar refractivity (Wildman–Crippen MR) is 49.9 cm³/mol. The number of hydrogen-bond donors (Lipinski definition) is 0. The van der Waals surface area contributed by atoms with Crippen LogP contribution in [0.1, 0.15) is 12.8 Å². The summed E-state index contributed by atoms with van der Waals surface area (Å²) >= 11 is 0. The maximum atomic E-state index is 4.87. The van der Waals surface area contributed by atoms with Gasteiger partial charge in [-0.1, -0.05) is 17.9 Å². The van der Waals surface area contributed by atoms with E-state index in [0.717, 1.165) is 19.4 Å². The summed E-state index contributed by atoms with van der Waals surface area (Å²) in [6.07, 6.45) is 5.58. The molecule has 0 fully saturated rings. The van der Waals surface area contributed by atoms with Crippen molar-refractivity contribution in [1.82, 2.24) is 0 Å². The second-order valence-electron chi connectivity index (χ2n) is 2.25. The lowest BCUT2D eigenvalue weighted by Crippen LogP contribution is -1.84. The van der Waals surface area contributed by atoms with Gasteiger partial charge in [-0.05, 0) is 12.5 Å². The first-order chi connectivity index (χ1) is 5.91. The SMILES string of the molecule is COCCC#C/C=C/CCOC. The summed E-state index contributed by atoms with van der Waals surface area (Å²) in [5.74, 6) is 5.87. The van der Waals surface area contributed by atoms with Gasteiger partial charge in [-0.25, -0.2) is 0 Å². The van der Waals surface area contributed by atoms with Crippen molar-refractivity contribution in [2.24, 2.45) is 0 Å². The zero-order chi connectivity index (χ0) is 9.07. The average Bonchev–Trinajstić information content (AvgIpc) is 2.10. The molecule has 0 N–H and O–H groups in total. The quantitative estimate of drug-likeness (QED) is 0.459. The summed E-state index contributed by atoms with van der Waals surface area (Å²) in [5, 5.41) is 0. The van der Waals surface area contributed by atoms with E-state index in [1.807, 2.05) is 12.2 Å². The number of hydrogen-bond acceptors (Lipinski definition) is 2. The lowest BCUT2D eigenvalue weighted by atomic mass is 10.4. The molecule has 0 spiro atoms. The van der Waals surface area contributed by atoms with Gasteiger partial charge in [0.15, 0.2) is 0 Å². The molecule has 0 saturated carbocycles. The molecule has 0 aromatic carbocycles. The minimum Gasteiger partial charge on any atom is -0.384 e. The molecule has 0 aliphatic carbocycles. The van der Waals surface area contributed by atoms with Crippen molar-refractivity contribution in [3.8, 4) is 11.8 Å². The molecule has 0 unspecified atom stereocenters. The molecule has 0 aromatic rings. The van der Waals surface area contributed by atoms with Gasteiger partial charge in [0.05, 0.1) is 6.61 Å². The van der Waals surface area contributed by atoms with Gasteiger partial charge in [0.25, 0.3) is 0 Å². The van der Waals surface area contributed by atoms with Crippen molar-refractivity contribution in [2.75, 3.05) is 27.4 Å². The van der Waals surface area contributed by atoms with Crippen LogP contribution in [-0.4, -0.2) is 27.4 Å². The van der Waals surface area contributed by atoms with Crippen molar-refractivity contribution in [2.45, 2.75) is 12.8 Å². The summed E-state index contributed by atoms with van der Waals surface area (Å²) in [6.45, 7) is 1.47. The molecule has 0 heterocycles.